The molecule has 0 aliphatic heterocycles. The van der Waals surface area contributed by atoms with E-state index in [0.717, 1.165) is 76.2 Å². The van der Waals surface area contributed by atoms with Gasteiger partial charge in [-0.1, -0.05) is 66.4 Å². The van der Waals surface area contributed by atoms with Crippen molar-refractivity contribution in [3.05, 3.63) is 12.7 Å². The van der Waals surface area contributed by atoms with E-state index in [4.69, 9.17) is 35.2 Å². The van der Waals surface area contributed by atoms with Gasteiger partial charge >= 0.3 is 6.03 Å². The van der Waals surface area contributed by atoms with E-state index >= 15 is 0 Å². The summed E-state index contributed by atoms with van der Waals surface area (Å²) in [5.41, 5.74) is 12.3. The predicted molar refractivity (Wildman–Crippen MR) is 250 cm³/mol. The van der Waals surface area contributed by atoms with Crippen molar-refractivity contribution in [2.24, 2.45) is 57.8 Å². The monoisotopic (exact) mass is 876 g/mol. The SMILES string of the molecule is C=CC(=O)NCCOCCOCCOCCNC(=O)N(CCCCCCCC)CCC[C@@H](C)C1CCC2C3CCC4C[C@H](OCCCN)CC[C@]4(C)C3C[C@H](OCCCN)[C@@]21C. The highest BCUT2D eigenvalue weighted by molar-refractivity contribution is 5.86. The molecule has 0 radical (unpaired) electrons. The molecule has 4 aliphatic rings. The van der Waals surface area contributed by atoms with E-state index in [2.05, 4.69) is 49.8 Å². The molecular formula is C50H93N5O7. The van der Waals surface area contributed by atoms with Crippen molar-refractivity contribution in [3.63, 3.8) is 0 Å². The first kappa shape index (κ1) is 52.8. The molecule has 4 saturated carbocycles. The fraction of sp³-hybridized carbons (Fsp3) is 0.920. The molecule has 12 heteroatoms. The number of unbranched alkanes of at least 4 members (excludes halogenated alkanes) is 5. The second-order valence-electron chi connectivity index (χ2n) is 19.8. The number of hydrogen-bond donors (Lipinski definition) is 4. The van der Waals surface area contributed by atoms with Crippen LogP contribution >= 0.6 is 0 Å². The minimum absolute atomic E-state index is 0.0207. The van der Waals surface area contributed by atoms with Gasteiger partial charge < -0.3 is 50.7 Å². The molecule has 4 rings (SSSR count). The highest BCUT2D eigenvalue weighted by Gasteiger charge is 2.64. The van der Waals surface area contributed by atoms with Crippen LogP contribution in [0, 0.1) is 46.3 Å². The summed E-state index contributed by atoms with van der Waals surface area (Å²) in [6.45, 7) is 21.6. The van der Waals surface area contributed by atoms with Gasteiger partial charge in [-0.05, 0) is 149 Å². The Morgan fingerprint density at radius 1 is 0.742 bits per heavy atom. The third-order valence-corrected chi connectivity index (χ3v) is 16.0. The number of amides is 3. The van der Waals surface area contributed by atoms with Gasteiger partial charge in [0.05, 0.1) is 51.8 Å². The van der Waals surface area contributed by atoms with Gasteiger partial charge in [0, 0.05) is 39.4 Å². The quantitative estimate of drug-likeness (QED) is 0.0380. The molecule has 3 amide bonds. The standard InChI is InChI=1S/C50H93N5O7/c1-6-8-9-10-11-12-27-55(48(57)54-26-32-59-34-36-60-35-33-58-31-25-53-47(56)7-2)28-13-16-39(3)43-19-20-44-42-18-17-40-37-41(61-29-14-23-51)21-22-49(40,4)45(42)38-46(50(43,44)5)62-30-15-24-52/h7,39-46H,2,6,8-38,51-52H2,1,3-5H3,(H,53,56)(H,54,57)/t39-,40?,41-,42?,43?,44?,45?,46+,49+,50-/m1/s1. The molecular weight excluding hydrogens is 783 g/mol. The molecule has 62 heavy (non-hydrogen) atoms. The number of fused-ring (bicyclic) bond motifs is 5. The molecule has 0 saturated heterocycles. The lowest BCUT2D eigenvalue weighted by Gasteiger charge is -2.63. The van der Waals surface area contributed by atoms with Crippen LogP contribution in [-0.4, -0.2) is 121 Å². The second-order valence-corrected chi connectivity index (χ2v) is 19.8. The van der Waals surface area contributed by atoms with Crippen LogP contribution in [0.4, 0.5) is 4.79 Å². The molecule has 4 aliphatic carbocycles. The summed E-state index contributed by atoms with van der Waals surface area (Å²) in [5.74, 6) is 3.94. The molecule has 0 bridgehead atoms. The molecule has 0 spiro atoms. The van der Waals surface area contributed by atoms with Crippen LogP contribution in [0.1, 0.15) is 143 Å². The maximum atomic E-state index is 13.6. The Balaban J connectivity index is 1.26. The summed E-state index contributed by atoms with van der Waals surface area (Å²) in [7, 11) is 0. The van der Waals surface area contributed by atoms with Gasteiger partial charge in [-0.15, -0.1) is 0 Å². The number of rotatable bonds is 33. The first-order valence-corrected chi connectivity index (χ1v) is 25.4. The van der Waals surface area contributed by atoms with Gasteiger partial charge in [-0.25, -0.2) is 4.79 Å². The van der Waals surface area contributed by atoms with Gasteiger partial charge in [0.1, 0.15) is 0 Å². The number of urea groups is 1. The zero-order valence-corrected chi connectivity index (χ0v) is 40.0. The van der Waals surface area contributed by atoms with E-state index in [9.17, 15) is 9.59 Å². The average molecular weight is 876 g/mol. The summed E-state index contributed by atoms with van der Waals surface area (Å²) in [6, 6.07) is 0.0207. The second kappa shape index (κ2) is 29.0. The van der Waals surface area contributed by atoms with E-state index in [0.29, 0.717) is 95.1 Å². The van der Waals surface area contributed by atoms with Crippen molar-refractivity contribution in [3.8, 4) is 0 Å². The summed E-state index contributed by atoms with van der Waals surface area (Å²) in [4.78, 5) is 26.8. The number of nitrogens with zero attached hydrogens (tertiary/aromatic N) is 1. The van der Waals surface area contributed by atoms with Crippen molar-refractivity contribution in [1.29, 1.82) is 0 Å². The van der Waals surface area contributed by atoms with Gasteiger partial charge in [-0.3, -0.25) is 4.79 Å². The van der Waals surface area contributed by atoms with Crippen molar-refractivity contribution in [2.75, 3.05) is 92.1 Å². The Kier molecular flexibility index (Phi) is 24.7. The number of hydrogen-bond acceptors (Lipinski definition) is 9. The number of ether oxygens (including phenoxy) is 5. The smallest absolute Gasteiger partial charge is 0.317 e. The fourth-order valence-electron chi connectivity index (χ4n) is 12.6. The topological polar surface area (TPSA) is 160 Å². The van der Waals surface area contributed by atoms with Crippen LogP contribution in [0.2, 0.25) is 0 Å². The van der Waals surface area contributed by atoms with Gasteiger partial charge in [0.2, 0.25) is 5.91 Å². The van der Waals surface area contributed by atoms with Crippen molar-refractivity contribution >= 4 is 11.9 Å². The lowest BCUT2D eigenvalue weighted by Crippen LogP contribution is -2.59. The molecule has 0 aromatic carbocycles. The number of carbonyl (C=O) groups excluding carboxylic acids is 2. The first-order chi connectivity index (χ1) is 30.1. The summed E-state index contributed by atoms with van der Waals surface area (Å²) in [6.07, 6.45) is 23.3. The van der Waals surface area contributed by atoms with Crippen LogP contribution in [0.3, 0.4) is 0 Å². The van der Waals surface area contributed by atoms with Crippen LogP contribution in [-0.2, 0) is 28.5 Å². The predicted octanol–water partition coefficient (Wildman–Crippen LogP) is 7.86. The van der Waals surface area contributed by atoms with Crippen molar-refractivity contribution < 1.29 is 33.3 Å². The molecule has 0 aromatic rings. The molecule has 0 heterocycles. The zero-order chi connectivity index (χ0) is 44.6. The summed E-state index contributed by atoms with van der Waals surface area (Å²) in [5, 5.41) is 5.82. The maximum absolute atomic E-state index is 13.6. The van der Waals surface area contributed by atoms with Crippen molar-refractivity contribution in [2.45, 2.75) is 155 Å². The molecule has 4 fully saturated rings. The Morgan fingerprint density at radius 3 is 2.08 bits per heavy atom. The van der Waals surface area contributed by atoms with Gasteiger partial charge in [0.15, 0.2) is 0 Å². The fourth-order valence-corrected chi connectivity index (χ4v) is 12.6. The Morgan fingerprint density at radius 2 is 1.39 bits per heavy atom. The van der Waals surface area contributed by atoms with E-state index in [1.165, 1.54) is 89.5 Å². The van der Waals surface area contributed by atoms with Gasteiger partial charge in [-0.2, -0.15) is 0 Å². The van der Waals surface area contributed by atoms with E-state index in [1.54, 1.807) is 0 Å². The lowest BCUT2D eigenvalue weighted by molar-refractivity contribution is -0.192. The number of nitrogens with two attached hydrogens (primary N) is 2. The Hall–Kier alpha value is -1.80. The van der Waals surface area contributed by atoms with Crippen molar-refractivity contribution in [1.82, 2.24) is 15.5 Å². The van der Waals surface area contributed by atoms with E-state index in [-0.39, 0.29) is 23.5 Å². The van der Waals surface area contributed by atoms with Crippen LogP contribution < -0.4 is 22.1 Å². The molecule has 10 atom stereocenters. The highest BCUT2D eigenvalue weighted by atomic mass is 16.5. The minimum Gasteiger partial charge on any atom is -0.378 e. The third kappa shape index (κ3) is 15.7. The summed E-state index contributed by atoms with van der Waals surface area (Å²) < 4.78 is 30.2. The minimum atomic E-state index is -0.206. The van der Waals surface area contributed by atoms with E-state index in [1.807, 2.05) is 0 Å². The molecule has 5 unspecified atom stereocenters. The highest BCUT2D eigenvalue weighted by Crippen LogP contribution is 2.69. The zero-order valence-electron chi connectivity index (χ0n) is 40.0. The third-order valence-electron chi connectivity index (χ3n) is 16.0. The van der Waals surface area contributed by atoms with Crippen LogP contribution in [0.15, 0.2) is 12.7 Å². The van der Waals surface area contributed by atoms with E-state index < -0.39 is 0 Å². The first-order valence-electron chi connectivity index (χ1n) is 25.4. The molecule has 0 aromatic heterocycles. The summed E-state index contributed by atoms with van der Waals surface area (Å²) >= 11 is 0. The Labute approximate surface area is 377 Å². The average Bonchev–Trinajstić information content (AvgIpc) is 3.64. The van der Waals surface area contributed by atoms with Crippen LogP contribution in [0.5, 0.6) is 0 Å². The normalized spacial score (nSPS) is 29.6. The van der Waals surface area contributed by atoms with Crippen LogP contribution in [0.25, 0.3) is 0 Å². The lowest BCUT2D eigenvalue weighted by atomic mass is 9.43. The number of nitrogens with one attached hydrogen (secondary N) is 2. The Bertz CT molecular complexity index is 1260. The largest absolute Gasteiger partial charge is 0.378 e. The maximum Gasteiger partial charge on any atom is 0.317 e. The number of carbonyl (C=O) groups is 2. The molecule has 12 nitrogen and oxygen atoms in total. The molecule has 6 N–H and O–H groups in total. The molecule has 360 valence electrons. The van der Waals surface area contributed by atoms with Gasteiger partial charge in [0.25, 0.3) is 0 Å².